The van der Waals surface area contributed by atoms with Crippen LogP contribution in [0.2, 0.25) is 0 Å². The summed E-state index contributed by atoms with van der Waals surface area (Å²) >= 11 is 0. The van der Waals surface area contributed by atoms with E-state index in [-0.39, 0.29) is 11.5 Å². The summed E-state index contributed by atoms with van der Waals surface area (Å²) in [5.74, 6) is 0.243. The maximum absolute atomic E-state index is 9.53. The van der Waals surface area contributed by atoms with Crippen molar-refractivity contribution in [3.05, 3.63) is 5.41 Å². The minimum absolute atomic E-state index is 0.0468. The Morgan fingerprint density at radius 2 is 2.27 bits per heavy atom. The monoisotopic (exact) mass is 152 g/mol. The Hall–Kier alpha value is -0.410. The van der Waals surface area contributed by atoms with Gasteiger partial charge in [-0.2, -0.15) is 5.71 Å². The van der Waals surface area contributed by atoms with Crippen LogP contribution in [0.15, 0.2) is 0 Å². The zero-order valence-electron chi connectivity index (χ0n) is 6.88. The van der Waals surface area contributed by atoms with E-state index in [1.165, 1.54) is 0 Å². The molecule has 2 aliphatic rings. The molecule has 0 aromatic carbocycles. The highest BCUT2D eigenvalue weighted by molar-refractivity contribution is 5.94. The van der Waals surface area contributed by atoms with E-state index in [0.717, 1.165) is 19.4 Å². The van der Waals surface area contributed by atoms with Crippen molar-refractivity contribution < 1.29 is 0 Å². The van der Waals surface area contributed by atoms with E-state index < -0.39 is 0 Å². The van der Waals surface area contributed by atoms with Gasteiger partial charge in [0.1, 0.15) is 0 Å². The van der Waals surface area contributed by atoms with E-state index in [9.17, 15) is 5.41 Å². The summed E-state index contributed by atoms with van der Waals surface area (Å²) in [5, 5.41) is 9.53. The molecule has 3 nitrogen and oxygen atoms in total. The molecule has 2 N–H and O–H groups in total. The summed E-state index contributed by atoms with van der Waals surface area (Å²) in [4.78, 5) is 2.12. The third kappa shape index (κ3) is 1.08. The topological polar surface area (TPSA) is 51.6 Å². The lowest BCUT2D eigenvalue weighted by atomic mass is 9.96. The molecule has 1 aliphatic heterocycles. The first-order valence-electron chi connectivity index (χ1n) is 4.14. The summed E-state index contributed by atoms with van der Waals surface area (Å²) in [6.07, 6.45) is 2.16. The van der Waals surface area contributed by atoms with Gasteiger partial charge in [0.2, 0.25) is 0 Å². The average molecular weight is 152 g/mol. The number of likely N-dealkylation sites (tertiary alicyclic amines) is 1. The molecule has 62 valence electrons. The van der Waals surface area contributed by atoms with Gasteiger partial charge in [-0.05, 0) is 32.4 Å². The minimum Gasteiger partial charge on any atom is -0.810 e. The normalized spacial score (nSPS) is 36.2. The lowest BCUT2D eigenvalue weighted by Crippen LogP contribution is -2.37. The standard InChI is InChI=1S/C8H14N3/c1-11-4-6(7(9)5-11)8(10)2-3-8/h6H,2-5,10H2,1H3/q-1. The molecule has 0 bridgehead atoms. The summed E-state index contributed by atoms with van der Waals surface area (Å²) in [6, 6.07) is 0. The quantitative estimate of drug-likeness (QED) is 0.577. The third-order valence-electron chi connectivity index (χ3n) is 2.85. The predicted molar refractivity (Wildman–Crippen MR) is 45.5 cm³/mol. The fourth-order valence-corrected chi connectivity index (χ4v) is 1.87. The van der Waals surface area contributed by atoms with Crippen LogP contribution < -0.4 is 5.73 Å². The molecule has 0 amide bonds. The first-order chi connectivity index (χ1) is 5.12. The van der Waals surface area contributed by atoms with Crippen molar-refractivity contribution in [2.75, 3.05) is 20.1 Å². The van der Waals surface area contributed by atoms with E-state index in [4.69, 9.17) is 5.73 Å². The van der Waals surface area contributed by atoms with Crippen LogP contribution in [0.1, 0.15) is 12.8 Å². The number of hydrogen-bond acceptors (Lipinski definition) is 2. The van der Waals surface area contributed by atoms with E-state index in [2.05, 4.69) is 4.90 Å². The minimum atomic E-state index is -0.0468. The molecule has 0 aromatic heterocycles. The molecular formula is C8H14N3-. The van der Waals surface area contributed by atoms with Crippen molar-refractivity contribution in [1.29, 1.82) is 0 Å². The Morgan fingerprint density at radius 1 is 1.64 bits per heavy atom. The van der Waals surface area contributed by atoms with Crippen molar-refractivity contribution in [2.45, 2.75) is 18.4 Å². The molecule has 0 aromatic rings. The zero-order valence-corrected chi connectivity index (χ0v) is 6.88. The number of rotatable bonds is 1. The van der Waals surface area contributed by atoms with E-state index in [1.807, 2.05) is 7.05 Å². The van der Waals surface area contributed by atoms with Crippen LogP contribution >= 0.6 is 0 Å². The maximum Gasteiger partial charge on any atom is 0.0216 e. The molecule has 0 radical (unpaired) electrons. The van der Waals surface area contributed by atoms with Crippen LogP contribution in [0.4, 0.5) is 0 Å². The number of hydrogen-bond donors (Lipinski definition) is 1. The van der Waals surface area contributed by atoms with Gasteiger partial charge in [-0.1, -0.05) is 0 Å². The highest BCUT2D eigenvalue weighted by Crippen LogP contribution is 2.42. The molecule has 1 saturated carbocycles. The average Bonchev–Trinajstić information content (AvgIpc) is 2.55. The van der Waals surface area contributed by atoms with Crippen LogP contribution in [0.3, 0.4) is 0 Å². The van der Waals surface area contributed by atoms with Crippen LogP contribution in [0.25, 0.3) is 5.41 Å². The third-order valence-corrected chi connectivity index (χ3v) is 2.85. The van der Waals surface area contributed by atoms with Gasteiger partial charge in [0.15, 0.2) is 0 Å². The van der Waals surface area contributed by atoms with Gasteiger partial charge in [-0.3, -0.25) is 0 Å². The molecule has 1 aliphatic carbocycles. The van der Waals surface area contributed by atoms with E-state index in [0.29, 0.717) is 12.3 Å². The smallest absolute Gasteiger partial charge is 0.0216 e. The van der Waals surface area contributed by atoms with Crippen molar-refractivity contribution in [3.63, 3.8) is 0 Å². The van der Waals surface area contributed by atoms with Crippen molar-refractivity contribution >= 4 is 5.71 Å². The van der Waals surface area contributed by atoms with Crippen LogP contribution in [-0.4, -0.2) is 36.3 Å². The number of nitrogens with two attached hydrogens (primary N) is 1. The Labute approximate surface area is 67.1 Å². The highest BCUT2D eigenvalue weighted by Gasteiger charge is 2.47. The second kappa shape index (κ2) is 2.05. The van der Waals surface area contributed by atoms with Gasteiger partial charge in [-0.25, -0.2) is 0 Å². The zero-order chi connectivity index (χ0) is 8.06. The maximum atomic E-state index is 9.53. The Kier molecular flexibility index (Phi) is 1.35. The Balaban J connectivity index is 2.09. The van der Waals surface area contributed by atoms with Crippen LogP contribution in [0.5, 0.6) is 0 Å². The highest BCUT2D eigenvalue weighted by atomic mass is 15.1. The van der Waals surface area contributed by atoms with Gasteiger partial charge in [0.25, 0.3) is 0 Å². The molecule has 1 unspecified atom stereocenters. The Bertz CT molecular complexity index is 196. The summed E-state index contributed by atoms with van der Waals surface area (Å²) in [5.41, 5.74) is 6.54. The molecule has 1 saturated heterocycles. The SMILES string of the molecule is CN1CC(=[N-])C(C2(N)CC2)C1. The molecule has 2 rings (SSSR count). The molecule has 1 heterocycles. The van der Waals surface area contributed by atoms with Gasteiger partial charge < -0.3 is 16.0 Å². The largest absolute Gasteiger partial charge is 0.810 e. The van der Waals surface area contributed by atoms with Crippen molar-refractivity contribution in [2.24, 2.45) is 11.7 Å². The van der Waals surface area contributed by atoms with Gasteiger partial charge in [0, 0.05) is 12.1 Å². The molecule has 3 heteroatoms. The lowest BCUT2D eigenvalue weighted by Gasteiger charge is -2.22. The lowest BCUT2D eigenvalue weighted by molar-refractivity contribution is 0.366. The van der Waals surface area contributed by atoms with Gasteiger partial charge in [-0.15, -0.1) is 0 Å². The first kappa shape index (κ1) is 7.25. The van der Waals surface area contributed by atoms with Gasteiger partial charge in [0.05, 0.1) is 0 Å². The first-order valence-corrected chi connectivity index (χ1v) is 4.14. The van der Waals surface area contributed by atoms with Crippen LogP contribution in [0, 0.1) is 5.92 Å². The molecular weight excluding hydrogens is 138 g/mol. The van der Waals surface area contributed by atoms with E-state index >= 15 is 0 Å². The van der Waals surface area contributed by atoms with Gasteiger partial charge >= 0.3 is 0 Å². The second-order valence-corrected chi connectivity index (χ2v) is 3.97. The molecule has 2 fully saturated rings. The summed E-state index contributed by atoms with van der Waals surface area (Å²) in [6.45, 7) is 1.64. The molecule has 11 heavy (non-hydrogen) atoms. The Morgan fingerprint density at radius 3 is 2.64 bits per heavy atom. The molecule has 0 spiro atoms. The fourth-order valence-electron chi connectivity index (χ4n) is 1.87. The fraction of sp³-hybridized carbons (Fsp3) is 0.875. The van der Waals surface area contributed by atoms with Crippen molar-refractivity contribution in [1.82, 2.24) is 4.90 Å². The molecule has 1 atom stereocenters. The predicted octanol–water partition coefficient (Wildman–Crippen LogP) is 0.0497. The number of nitrogens with zero attached hydrogens (tertiary/aromatic N) is 2. The van der Waals surface area contributed by atoms with E-state index in [1.54, 1.807) is 0 Å². The second-order valence-electron chi connectivity index (χ2n) is 3.97. The summed E-state index contributed by atoms with van der Waals surface area (Å²) < 4.78 is 0. The summed E-state index contributed by atoms with van der Waals surface area (Å²) in [7, 11) is 2.02. The van der Waals surface area contributed by atoms with Crippen LogP contribution in [-0.2, 0) is 0 Å². The van der Waals surface area contributed by atoms with Crippen molar-refractivity contribution in [3.8, 4) is 0 Å².